The average molecular weight is 580 g/mol. The molecule has 4 rings (SSSR count). The van der Waals surface area contributed by atoms with Gasteiger partial charge >= 0.3 is 0 Å². The van der Waals surface area contributed by atoms with Crippen LogP contribution in [0.4, 0.5) is 5.69 Å². The Labute approximate surface area is 238 Å². The Morgan fingerprint density at radius 3 is 2.44 bits per heavy atom. The number of anilines is 1. The van der Waals surface area contributed by atoms with E-state index in [0.717, 1.165) is 33.4 Å². The molecule has 0 radical (unpaired) electrons. The fraction of sp³-hybridized carbons (Fsp3) is 0.241. The van der Waals surface area contributed by atoms with Gasteiger partial charge in [0.15, 0.2) is 5.84 Å². The maximum Gasteiger partial charge on any atom is 0.298 e. The van der Waals surface area contributed by atoms with E-state index in [2.05, 4.69) is 10.5 Å². The van der Waals surface area contributed by atoms with E-state index in [1.54, 1.807) is 43.7 Å². The molecule has 1 atom stereocenters. The Bertz CT molecular complexity index is 1650. The largest absolute Gasteiger partial charge is 0.497 e. The summed E-state index contributed by atoms with van der Waals surface area (Å²) in [6.07, 6.45) is 2.94. The van der Waals surface area contributed by atoms with Gasteiger partial charge in [-0.25, -0.2) is 9.86 Å². The molecule has 0 saturated carbocycles. The molecule has 3 aromatic carbocycles. The molecule has 0 bridgehead atoms. The molecule has 11 nitrogen and oxygen atoms in total. The molecule has 6 N–H and O–H groups in total. The first-order chi connectivity index (χ1) is 19.6. The number of amidine groups is 1. The Balaban J connectivity index is 1.49. The third kappa shape index (κ3) is 7.56. The fourth-order valence-electron chi connectivity index (χ4n) is 4.31. The van der Waals surface area contributed by atoms with Crippen LogP contribution in [0.3, 0.4) is 0 Å². The molecule has 1 amide bonds. The van der Waals surface area contributed by atoms with Crippen molar-refractivity contribution in [1.29, 1.82) is 0 Å². The van der Waals surface area contributed by atoms with Crippen molar-refractivity contribution in [2.24, 2.45) is 16.0 Å². The van der Waals surface area contributed by atoms with Crippen LogP contribution in [-0.4, -0.2) is 33.9 Å². The van der Waals surface area contributed by atoms with Gasteiger partial charge in [0.05, 0.1) is 13.4 Å². The number of nitrogens with zero attached hydrogens (tertiary/aromatic N) is 1. The number of hydrogen-bond acceptors (Lipinski definition) is 8. The molecule has 1 heterocycles. The first kappa shape index (κ1) is 29.4. The van der Waals surface area contributed by atoms with Gasteiger partial charge in [0.25, 0.3) is 16.1 Å². The Morgan fingerprint density at radius 1 is 1.10 bits per heavy atom. The minimum absolute atomic E-state index is 0.184. The summed E-state index contributed by atoms with van der Waals surface area (Å²) in [5, 5.41) is 13.0. The van der Waals surface area contributed by atoms with Crippen molar-refractivity contribution >= 4 is 38.6 Å². The summed E-state index contributed by atoms with van der Waals surface area (Å²) in [6, 6.07) is 17.0. The lowest BCUT2D eigenvalue weighted by atomic mass is 9.98. The van der Waals surface area contributed by atoms with Crippen LogP contribution in [0, 0.1) is 6.92 Å². The van der Waals surface area contributed by atoms with Crippen LogP contribution in [0.5, 0.6) is 5.75 Å². The number of furan rings is 1. The van der Waals surface area contributed by atoms with E-state index in [0.29, 0.717) is 36.3 Å². The normalized spacial score (nSPS) is 12.6. The lowest BCUT2D eigenvalue weighted by molar-refractivity contribution is -0.120. The van der Waals surface area contributed by atoms with Crippen LogP contribution in [0.25, 0.3) is 11.0 Å². The second-order valence-electron chi connectivity index (χ2n) is 9.40. The van der Waals surface area contributed by atoms with Gasteiger partial charge in [-0.1, -0.05) is 24.2 Å². The topological polar surface area (TPSA) is 171 Å². The number of nitrogens with one attached hydrogen (secondary N) is 2. The lowest BCUT2D eigenvalue weighted by Gasteiger charge is -2.20. The fourth-order valence-corrected chi connectivity index (χ4v) is 4.71. The molecule has 0 aliphatic rings. The van der Waals surface area contributed by atoms with Crippen molar-refractivity contribution in [3.8, 4) is 5.75 Å². The van der Waals surface area contributed by atoms with Gasteiger partial charge in [-0.15, -0.1) is 0 Å². The van der Waals surface area contributed by atoms with Crippen molar-refractivity contribution in [1.82, 2.24) is 4.72 Å². The van der Waals surface area contributed by atoms with E-state index >= 15 is 0 Å². The number of hydrogen-bond donors (Lipinski definition) is 4. The zero-order valence-electron chi connectivity index (χ0n) is 23.0. The minimum Gasteiger partial charge on any atom is -0.497 e. The average Bonchev–Trinajstić information content (AvgIpc) is 3.33. The molecule has 0 spiro atoms. The summed E-state index contributed by atoms with van der Waals surface area (Å²) >= 11 is 0. The van der Waals surface area contributed by atoms with E-state index < -0.39 is 22.2 Å². The van der Waals surface area contributed by atoms with Gasteiger partial charge in [-0.2, -0.15) is 8.42 Å². The standard InChI is InChI=1S/C29H33N5O6S/c1-4-20-15-22(16-25-18(2)17-39-27(20)25)26(29(35)34-41(31,36)37)32-23-9-7-21(8-10-23)28(30)33-40-14-13-19-5-11-24(38-3)12-6-19/h5-12,15-17,26,32H,4,13-14H2,1-3H3,(H2,30,33)(H,34,35)(H2,31,36,37). The van der Waals surface area contributed by atoms with E-state index in [1.165, 1.54) is 0 Å². The van der Waals surface area contributed by atoms with Gasteiger partial charge < -0.3 is 25.0 Å². The zero-order valence-corrected chi connectivity index (χ0v) is 23.8. The van der Waals surface area contributed by atoms with Crippen molar-refractivity contribution in [3.63, 3.8) is 0 Å². The van der Waals surface area contributed by atoms with Crippen LogP contribution < -0.4 is 25.6 Å². The van der Waals surface area contributed by atoms with Crippen molar-refractivity contribution < 1.29 is 27.2 Å². The number of ether oxygens (including phenoxy) is 1. The summed E-state index contributed by atoms with van der Waals surface area (Å²) in [5.74, 6) is 0.139. The van der Waals surface area contributed by atoms with Crippen molar-refractivity contribution in [3.05, 3.63) is 94.7 Å². The number of aryl methyl sites for hydroxylation is 2. The molecule has 41 heavy (non-hydrogen) atoms. The highest BCUT2D eigenvalue weighted by atomic mass is 32.2. The summed E-state index contributed by atoms with van der Waals surface area (Å²) in [5.41, 5.74) is 11.4. The van der Waals surface area contributed by atoms with Gasteiger partial charge in [-0.05, 0) is 84.1 Å². The lowest BCUT2D eigenvalue weighted by Crippen LogP contribution is -2.41. The smallest absolute Gasteiger partial charge is 0.298 e. The highest BCUT2D eigenvalue weighted by Gasteiger charge is 2.25. The number of methoxy groups -OCH3 is 1. The van der Waals surface area contributed by atoms with E-state index in [-0.39, 0.29) is 5.84 Å². The molecule has 0 aliphatic heterocycles. The van der Waals surface area contributed by atoms with E-state index in [4.69, 9.17) is 24.9 Å². The highest BCUT2D eigenvalue weighted by Crippen LogP contribution is 2.30. The Hall–Kier alpha value is -4.55. The first-order valence-corrected chi connectivity index (χ1v) is 14.4. The molecule has 0 fully saturated rings. The van der Waals surface area contributed by atoms with Crippen molar-refractivity contribution in [2.45, 2.75) is 32.7 Å². The van der Waals surface area contributed by atoms with Crippen LogP contribution in [0.1, 0.15) is 40.8 Å². The number of benzene rings is 3. The third-order valence-corrected chi connectivity index (χ3v) is 6.97. The number of carbonyl (C=O) groups is 1. The molecule has 4 aromatic rings. The Kier molecular flexibility index (Phi) is 9.15. The molecule has 0 aliphatic carbocycles. The van der Waals surface area contributed by atoms with Crippen LogP contribution >= 0.6 is 0 Å². The summed E-state index contributed by atoms with van der Waals surface area (Å²) in [7, 11) is -2.67. The number of amides is 1. The molecule has 12 heteroatoms. The maximum atomic E-state index is 13.1. The van der Waals surface area contributed by atoms with Gasteiger partial charge in [0.2, 0.25) is 0 Å². The van der Waals surface area contributed by atoms with Crippen LogP contribution in [0.2, 0.25) is 0 Å². The molecule has 216 valence electrons. The van der Waals surface area contributed by atoms with E-state index in [9.17, 15) is 13.2 Å². The zero-order chi connectivity index (χ0) is 29.6. The van der Waals surface area contributed by atoms with Crippen LogP contribution in [-0.2, 0) is 32.7 Å². The summed E-state index contributed by atoms with van der Waals surface area (Å²) < 4.78 is 36.1. The number of oxime groups is 1. The second kappa shape index (κ2) is 12.7. The number of nitrogens with two attached hydrogens (primary N) is 2. The monoisotopic (exact) mass is 579 g/mol. The number of fused-ring (bicyclic) bond motifs is 1. The molecular weight excluding hydrogens is 546 g/mol. The van der Waals surface area contributed by atoms with Crippen LogP contribution in [0.15, 0.2) is 76.5 Å². The SMILES string of the molecule is CCc1cc(C(Nc2ccc(/C(N)=N\OCCc3ccc(OC)cc3)cc2)C(=O)NS(N)(=O)=O)cc2c(C)coc12. The predicted molar refractivity (Wildman–Crippen MR) is 158 cm³/mol. The predicted octanol–water partition coefficient (Wildman–Crippen LogP) is 3.66. The van der Waals surface area contributed by atoms with E-state index in [1.807, 2.05) is 48.9 Å². The second-order valence-corrected chi connectivity index (χ2v) is 10.7. The molecule has 0 saturated heterocycles. The third-order valence-electron chi connectivity index (χ3n) is 6.48. The first-order valence-electron chi connectivity index (χ1n) is 12.9. The van der Waals surface area contributed by atoms with Gasteiger partial charge in [0, 0.05) is 23.1 Å². The number of rotatable bonds is 12. The minimum atomic E-state index is -4.28. The maximum absolute atomic E-state index is 13.1. The quantitative estimate of drug-likeness (QED) is 0.0852. The van der Waals surface area contributed by atoms with Gasteiger partial charge in [-0.3, -0.25) is 4.79 Å². The Morgan fingerprint density at radius 2 is 1.80 bits per heavy atom. The highest BCUT2D eigenvalue weighted by molar-refractivity contribution is 7.87. The summed E-state index contributed by atoms with van der Waals surface area (Å²) in [6.45, 7) is 4.21. The van der Waals surface area contributed by atoms with Crippen molar-refractivity contribution in [2.75, 3.05) is 19.0 Å². The molecular formula is C29H33N5O6S. The van der Waals surface area contributed by atoms with Gasteiger partial charge in [0.1, 0.15) is 24.0 Å². The molecule has 1 aromatic heterocycles. The molecule has 1 unspecified atom stereocenters. The number of carbonyl (C=O) groups excluding carboxylic acids is 1. The summed E-state index contributed by atoms with van der Waals surface area (Å²) in [4.78, 5) is 18.4.